The van der Waals surface area contributed by atoms with E-state index >= 15 is 0 Å². The second kappa shape index (κ2) is 9.67. The number of nitrogens with one attached hydrogen (secondary N) is 3. The summed E-state index contributed by atoms with van der Waals surface area (Å²) in [5, 5.41) is 34.7. The average molecular weight is 411 g/mol. The Bertz CT molecular complexity index is 1010. The summed E-state index contributed by atoms with van der Waals surface area (Å²) in [7, 11) is 0. The minimum atomic E-state index is -1.42. The maximum atomic E-state index is 13.2. The minimum absolute atomic E-state index is 0.0522. The number of anilines is 4. The van der Waals surface area contributed by atoms with Gasteiger partial charge in [-0.15, -0.1) is 5.10 Å². The lowest BCUT2D eigenvalue weighted by Crippen LogP contribution is -2.18. The van der Waals surface area contributed by atoms with Crippen LogP contribution in [0.4, 0.5) is 27.6 Å². The third kappa shape index (κ3) is 5.42. The summed E-state index contributed by atoms with van der Waals surface area (Å²) in [5.41, 5.74) is 2.68. The van der Waals surface area contributed by atoms with Gasteiger partial charge in [-0.2, -0.15) is 5.26 Å². The Morgan fingerprint density at radius 3 is 2.67 bits per heavy atom. The fraction of sp³-hybridized carbons (Fsp3) is 0.300. The zero-order chi connectivity index (χ0) is 21.5. The SMILES string of the molecule is CC(C)Nc1cc(Nc2ccc(C#N)cc2)ncc1-c1nnc(NCC(F)CO)o1. The van der Waals surface area contributed by atoms with E-state index in [0.717, 1.165) is 11.4 Å². The molecule has 0 aliphatic carbocycles. The highest BCUT2D eigenvalue weighted by Gasteiger charge is 2.16. The summed E-state index contributed by atoms with van der Waals surface area (Å²) in [6, 6.07) is 11.1. The van der Waals surface area contributed by atoms with Crippen LogP contribution in [0.5, 0.6) is 0 Å². The van der Waals surface area contributed by atoms with Crippen molar-refractivity contribution in [3.63, 3.8) is 0 Å². The van der Waals surface area contributed by atoms with Crippen LogP contribution < -0.4 is 16.0 Å². The Labute approximate surface area is 173 Å². The molecule has 0 bridgehead atoms. The van der Waals surface area contributed by atoms with E-state index in [0.29, 0.717) is 16.9 Å². The summed E-state index contributed by atoms with van der Waals surface area (Å²) in [5.74, 6) is 0.810. The summed E-state index contributed by atoms with van der Waals surface area (Å²) in [6.45, 7) is 3.26. The highest BCUT2D eigenvalue weighted by Crippen LogP contribution is 2.30. The minimum Gasteiger partial charge on any atom is -0.403 e. The Morgan fingerprint density at radius 2 is 2.00 bits per heavy atom. The van der Waals surface area contributed by atoms with Crippen molar-refractivity contribution in [3.05, 3.63) is 42.1 Å². The maximum Gasteiger partial charge on any atom is 0.315 e. The molecular formula is C20H22FN7O2. The van der Waals surface area contributed by atoms with Crippen molar-refractivity contribution in [2.45, 2.75) is 26.1 Å². The van der Waals surface area contributed by atoms with Gasteiger partial charge in [-0.1, -0.05) is 5.10 Å². The van der Waals surface area contributed by atoms with Crippen molar-refractivity contribution >= 4 is 23.2 Å². The first-order valence-electron chi connectivity index (χ1n) is 9.35. The molecule has 3 rings (SSSR count). The molecule has 0 saturated heterocycles. The standard InChI is InChI=1S/C20H22FN7O2/c1-12(2)25-17-7-18(26-15-5-3-13(8-22)4-6-15)23-10-16(17)19-27-28-20(30-19)24-9-14(21)11-29/h3-7,10,12,14,29H,9,11H2,1-2H3,(H,24,28)(H2,23,25,26). The first-order valence-corrected chi connectivity index (χ1v) is 9.35. The van der Waals surface area contributed by atoms with Gasteiger partial charge in [0.15, 0.2) is 0 Å². The van der Waals surface area contributed by atoms with Crippen molar-refractivity contribution in [1.29, 1.82) is 5.26 Å². The molecule has 3 aromatic rings. The fourth-order valence-corrected chi connectivity index (χ4v) is 2.57. The van der Waals surface area contributed by atoms with Gasteiger partial charge in [0.05, 0.1) is 36.0 Å². The number of aliphatic hydroxyl groups is 1. The molecule has 0 fully saturated rings. The summed E-state index contributed by atoms with van der Waals surface area (Å²) >= 11 is 0. The molecule has 0 amide bonds. The lowest BCUT2D eigenvalue weighted by atomic mass is 10.2. The highest BCUT2D eigenvalue weighted by atomic mass is 19.1. The number of pyridine rings is 1. The van der Waals surface area contributed by atoms with Gasteiger partial charge in [-0.25, -0.2) is 9.37 Å². The van der Waals surface area contributed by atoms with E-state index in [1.165, 1.54) is 0 Å². The van der Waals surface area contributed by atoms with Crippen LogP contribution in [0.2, 0.25) is 0 Å². The van der Waals surface area contributed by atoms with Crippen LogP contribution in [-0.2, 0) is 0 Å². The van der Waals surface area contributed by atoms with Gasteiger partial charge in [-0.05, 0) is 38.1 Å². The van der Waals surface area contributed by atoms with E-state index in [1.807, 2.05) is 19.9 Å². The highest BCUT2D eigenvalue weighted by molar-refractivity contribution is 5.76. The smallest absolute Gasteiger partial charge is 0.315 e. The number of halogens is 1. The summed E-state index contributed by atoms with van der Waals surface area (Å²) in [6.07, 6.45) is 0.174. The number of alkyl halides is 1. The monoisotopic (exact) mass is 411 g/mol. The van der Waals surface area contributed by atoms with Crippen LogP contribution in [0.1, 0.15) is 19.4 Å². The predicted octanol–water partition coefficient (Wildman–Crippen LogP) is 3.31. The van der Waals surface area contributed by atoms with Crippen LogP contribution in [0.25, 0.3) is 11.5 Å². The van der Waals surface area contributed by atoms with Crippen LogP contribution in [-0.4, -0.2) is 45.7 Å². The van der Waals surface area contributed by atoms with Gasteiger partial charge in [0.2, 0.25) is 0 Å². The second-order valence-electron chi connectivity index (χ2n) is 6.80. The van der Waals surface area contributed by atoms with E-state index in [9.17, 15) is 4.39 Å². The molecule has 0 saturated carbocycles. The van der Waals surface area contributed by atoms with Gasteiger partial charge in [0.1, 0.15) is 12.0 Å². The molecule has 0 spiro atoms. The molecule has 0 aliphatic heterocycles. The van der Waals surface area contributed by atoms with Crippen molar-refractivity contribution < 1.29 is 13.9 Å². The number of hydrogen-bond acceptors (Lipinski definition) is 9. The molecular weight excluding hydrogens is 389 g/mol. The number of nitriles is 1. The topological polar surface area (TPSA) is 132 Å². The third-order valence-corrected chi connectivity index (χ3v) is 3.96. The van der Waals surface area contributed by atoms with E-state index in [1.54, 1.807) is 30.5 Å². The second-order valence-corrected chi connectivity index (χ2v) is 6.80. The number of nitrogens with zero attached hydrogens (tertiary/aromatic N) is 4. The van der Waals surface area contributed by atoms with E-state index in [4.69, 9.17) is 14.8 Å². The van der Waals surface area contributed by atoms with Gasteiger partial charge >= 0.3 is 6.01 Å². The fourth-order valence-electron chi connectivity index (χ4n) is 2.57. The molecule has 1 aromatic carbocycles. The number of aliphatic hydroxyl groups excluding tert-OH is 1. The predicted molar refractivity (Wildman–Crippen MR) is 111 cm³/mol. The van der Waals surface area contributed by atoms with Crippen LogP contribution in [0.15, 0.2) is 40.9 Å². The lowest BCUT2D eigenvalue weighted by Gasteiger charge is -2.15. The van der Waals surface area contributed by atoms with E-state index < -0.39 is 12.8 Å². The zero-order valence-corrected chi connectivity index (χ0v) is 16.6. The van der Waals surface area contributed by atoms with Gasteiger partial charge in [0, 0.05) is 24.0 Å². The Morgan fingerprint density at radius 1 is 1.23 bits per heavy atom. The normalized spacial score (nSPS) is 11.7. The maximum absolute atomic E-state index is 13.2. The van der Waals surface area contributed by atoms with Crippen molar-refractivity contribution in [2.24, 2.45) is 0 Å². The number of aromatic nitrogens is 3. The number of rotatable bonds is 9. The molecule has 2 heterocycles. The Balaban J connectivity index is 1.82. The molecule has 2 aromatic heterocycles. The van der Waals surface area contributed by atoms with Gasteiger partial charge in [-0.3, -0.25) is 0 Å². The Hall–Kier alpha value is -3.71. The number of benzene rings is 1. The first kappa shape index (κ1) is 21.0. The molecule has 30 heavy (non-hydrogen) atoms. The molecule has 9 nitrogen and oxygen atoms in total. The lowest BCUT2D eigenvalue weighted by molar-refractivity contribution is 0.186. The molecule has 1 unspecified atom stereocenters. The Kier molecular flexibility index (Phi) is 6.77. The zero-order valence-electron chi connectivity index (χ0n) is 16.6. The van der Waals surface area contributed by atoms with Crippen LogP contribution >= 0.6 is 0 Å². The van der Waals surface area contributed by atoms with Crippen LogP contribution in [0, 0.1) is 11.3 Å². The van der Waals surface area contributed by atoms with E-state index in [2.05, 4.69) is 37.2 Å². The van der Waals surface area contributed by atoms with Gasteiger partial charge < -0.3 is 25.5 Å². The van der Waals surface area contributed by atoms with E-state index in [-0.39, 0.29) is 24.5 Å². The average Bonchev–Trinajstić information content (AvgIpc) is 3.21. The quantitative estimate of drug-likeness (QED) is 0.418. The van der Waals surface area contributed by atoms with Crippen LogP contribution in [0.3, 0.4) is 0 Å². The summed E-state index contributed by atoms with van der Waals surface area (Å²) < 4.78 is 18.7. The van der Waals surface area contributed by atoms with Crippen molar-refractivity contribution in [3.8, 4) is 17.5 Å². The molecule has 156 valence electrons. The van der Waals surface area contributed by atoms with Crippen molar-refractivity contribution in [1.82, 2.24) is 15.2 Å². The summed E-state index contributed by atoms with van der Waals surface area (Å²) in [4.78, 5) is 4.40. The first-order chi connectivity index (χ1) is 14.5. The molecule has 1 atom stereocenters. The molecule has 0 aliphatic rings. The van der Waals surface area contributed by atoms with Crippen molar-refractivity contribution in [2.75, 3.05) is 29.1 Å². The largest absolute Gasteiger partial charge is 0.403 e. The molecule has 4 N–H and O–H groups in total. The third-order valence-electron chi connectivity index (χ3n) is 3.96. The molecule has 0 radical (unpaired) electrons. The number of hydrogen-bond donors (Lipinski definition) is 4. The van der Waals surface area contributed by atoms with Gasteiger partial charge in [0.25, 0.3) is 5.89 Å². The molecule has 10 heteroatoms.